The molecule has 0 unspecified atom stereocenters. The van der Waals surface area contributed by atoms with Crippen LogP contribution in [-0.4, -0.2) is 311 Å². The van der Waals surface area contributed by atoms with Crippen molar-refractivity contribution in [3.8, 4) is 0 Å². The highest BCUT2D eigenvalue weighted by molar-refractivity contribution is 5.83. The summed E-state index contributed by atoms with van der Waals surface area (Å²) in [6, 6.07) is -1.42. The molecular formula is C37H67N3O26. The molecule has 386 valence electrons. The predicted octanol–water partition coefficient (Wildman–Crippen LogP) is -12.0. The standard InChI is InChI=1S/C37H67N3O26/c38-15(33(58)40(5-9-61-36-31(56)27(52)23(48)18(13-43)65-36)6-10-62-37-32(57)28(53)24(49)19(14-44)66-37)1-2-20(45)39(3-7-59-34-29(54)25(50)21(46)16(11-41)63-34)4-8-60-35-30(55)26(51)22(47)17(12-42)64-35/h15-19,21-32,34-37,41-44,46-57H,1-14,38H2/t15-,16+,17+,18+,19+,21+,22+,23+,24+,25-,26-,27-,28-,29-,30-,31-,32-,34-,35-,36-,37-/m0/s1. The topological polar surface area (TPSA) is 464 Å². The van der Waals surface area contributed by atoms with Crippen LogP contribution in [0.5, 0.6) is 0 Å². The molecule has 18 N–H and O–H groups in total. The van der Waals surface area contributed by atoms with Gasteiger partial charge >= 0.3 is 0 Å². The number of aliphatic hydroxyl groups excluding tert-OH is 16. The Hall–Kier alpha value is -2.06. The molecule has 21 atom stereocenters. The van der Waals surface area contributed by atoms with E-state index in [1.54, 1.807) is 0 Å². The highest BCUT2D eigenvalue weighted by Gasteiger charge is 2.47. The summed E-state index contributed by atoms with van der Waals surface area (Å²) in [6.07, 6.45) is -33.1. The summed E-state index contributed by atoms with van der Waals surface area (Å²) >= 11 is 0. The number of aliphatic hydroxyl groups is 16. The molecule has 0 aliphatic carbocycles. The molecule has 66 heavy (non-hydrogen) atoms. The van der Waals surface area contributed by atoms with E-state index in [0.29, 0.717) is 0 Å². The molecule has 29 heteroatoms. The van der Waals surface area contributed by atoms with Gasteiger partial charge in [0.05, 0.1) is 58.9 Å². The van der Waals surface area contributed by atoms with Crippen molar-refractivity contribution in [2.45, 2.75) is 142 Å². The molecule has 2 amide bonds. The van der Waals surface area contributed by atoms with Gasteiger partial charge in [-0.2, -0.15) is 0 Å². The molecule has 0 aromatic heterocycles. The van der Waals surface area contributed by atoms with Gasteiger partial charge in [-0.25, -0.2) is 0 Å². The number of nitrogens with zero attached hydrogens (tertiary/aromatic N) is 2. The number of ether oxygens (including phenoxy) is 8. The van der Waals surface area contributed by atoms with Gasteiger partial charge < -0.3 is 135 Å². The number of hydrogen-bond donors (Lipinski definition) is 17. The third-order valence-electron chi connectivity index (χ3n) is 11.6. The monoisotopic (exact) mass is 969 g/mol. The molecule has 0 aromatic rings. The lowest BCUT2D eigenvalue weighted by Gasteiger charge is -2.40. The van der Waals surface area contributed by atoms with Crippen LogP contribution in [0.3, 0.4) is 0 Å². The van der Waals surface area contributed by atoms with Gasteiger partial charge in [-0.3, -0.25) is 9.59 Å². The Balaban J connectivity index is 1.42. The largest absolute Gasteiger partial charge is 0.394 e. The van der Waals surface area contributed by atoms with Gasteiger partial charge in [-0.1, -0.05) is 0 Å². The van der Waals surface area contributed by atoms with Crippen molar-refractivity contribution in [1.82, 2.24) is 9.80 Å². The smallest absolute Gasteiger partial charge is 0.239 e. The summed E-state index contributed by atoms with van der Waals surface area (Å²) in [5.74, 6) is -1.47. The number of rotatable bonds is 24. The Morgan fingerprint density at radius 3 is 0.939 bits per heavy atom. The van der Waals surface area contributed by atoms with E-state index in [4.69, 9.17) is 43.6 Å². The second-order valence-corrected chi connectivity index (χ2v) is 16.1. The van der Waals surface area contributed by atoms with Crippen LogP contribution >= 0.6 is 0 Å². The second-order valence-electron chi connectivity index (χ2n) is 16.1. The van der Waals surface area contributed by atoms with Gasteiger partial charge in [-0.15, -0.1) is 0 Å². The number of carbonyl (C=O) groups is 2. The lowest BCUT2D eigenvalue weighted by Crippen LogP contribution is -2.59. The average molecular weight is 970 g/mol. The van der Waals surface area contributed by atoms with Crippen molar-refractivity contribution in [3.05, 3.63) is 0 Å². The van der Waals surface area contributed by atoms with Gasteiger partial charge in [0.25, 0.3) is 0 Å². The Morgan fingerprint density at radius 1 is 0.424 bits per heavy atom. The molecule has 4 fully saturated rings. The zero-order chi connectivity index (χ0) is 49.0. The van der Waals surface area contributed by atoms with Crippen LogP contribution in [0.2, 0.25) is 0 Å². The molecule has 29 nitrogen and oxygen atoms in total. The molecule has 4 aliphatic heterocycles. The van der Waals surface area contributed by atoms with Crippen LogP contribution in [0.15, 0.2) is 0 Å². The Kier molecular flexibility index (Phi) is 22.9. The van der Waals surface area contributed by atoms with E-state index >= 15 is 0 Å². The Labute approximate surface area is 377 Å². The second kappa shape index (κ2) is 26.8. The molecule has 0 aromatic carbocycles. The molecular weight excluding hydrogens is 902 g/mol. The molecule has 4 saturated heterocycles. The highest BCUT2D eigenvalue weighted by atomic mass is 16.7. The van der Waals surface area contributed by atoms with E-state index in [2.05, 4.69) is 0 Å². The van der Waals surface area contributed by atoms with Crippen LogP contribution in [-0.2, 0) is 47.5 Å². The maximum atomic E-state index is 13.8. The first-order valence-corrected chi connectivity index (χ1v) is 21.3. The quantitative estimate of drug-likeness (QED) is 0.0427. The SMILES string of the molecule is N[C@@H](CCC(=O)N(CCO[C@H]1O[C@H](CO)[C@@H](O)[C@H](O)[C@@H]1O)CCO[C@H]1O[C@H](CO)[C@@H](O)[C@H](O)[C@@H]1O)C(=O)N(CCO[C@H]1O[C@H](CO)[C@@H](O)[C@H](O)[C@@H]1O)CCO[C@H]1O[C@H](CO)[C@@H](O)[C@H](O)[C@@H]1O. The van der Waals surface area contributed by atoms with Gasteiger partial charge in [0.1, 0.15) is 97.7 Å². The van der Waals surface area contributed by atoms with Crippen LogP contribution in [0, 0.1) is 0 Å². The van der Waals surface area contributed by atoms with Crippen molar-refractivity contribution in [2.24, 2.45) is 5.73 Å². The van der Waals surface area contributed by atoms with E-state index in [-0.39, 0.29) is 32.6 Å². The van der Waals surface area contributed by atoms with E-state index in [1.807, 2.05) is 0 Å². The maximum absolute atomic E-state index is 13.8. The zero-order valence-corrected chi connectivity index (χ0v) is 35.7. The van der Waals surface area contributed by atoms with Crippen LogP contribution in [0.1, 0.15) is 12.8 Å². The summed E-state index contributed by atoms with van der Waals surface area (Å²) < 4.78 is 43.5. The van der Waals surface area contributed by atoms with Crippen molar-refractivity contribution < 1.29 is 129 Å². The van der Waals surface area contributed by atoms with Crippen molar-refractivity contribution in [3.63, 3.8) is 0 Å². The average Bonchev–Trinajstić information content (AvgIpc) is 3.31. The molecule has 0 saturated carbocycles. The van der Waals surface area contributed by atoms with Crippen LogP contribution in [0.25, 0.3) is 0 Å². The maximum Gasteiger partial charge on any atom is 0.239 e. The number of hydrogen-bond acceptors (Lipinski definition) is 27. The molecule has 0 bridgehead atoms. The summed E-state index contributed by atoms with van der Waals surface area (Å²) in [5.41, 5.74) is 6.29. The van der Waals surface area contributed by atoms with Gasteiger partial charge in [0, 0.05) is 32.6 Å². The van der Waals surface area contributed by atoms with Gasteiger partial charge in [0.2, 0.25) is 11.8 Å². The van der Waals surface area contributed by atoms with Gasteiger partial charge in [-0.05, 0) is 6.42 Å². The van der Waals surface area contributed by atoms with Crippen molar-refractivity contribution >= 4 is 11.8 Å². The van der Waals surface area contributed by atoms with Crippen molar-refractivity contribution in [2.75, 3.05) is 79.0 Å². The Bertz CT molecular complexity index is 1360. The van der Waals surface area contributed by atoms with E-state index in [0.717, 1.165) is 9.80 Å². The molecule has 4 aliphatic rings. The first-order valence-electron chi connectivity index (χ1n) is 21.3. The lowest BCUT2D eigenvalue weighted by atomic mass is 9.99. The van der Waals surface area contributed by atoms with E-state index in [9.17, 15) is 91.3 Å². The molecule has 4 heterocycles. The summed E-state index contributed by atoms with van der Waals surface area (Å²) in [5, 5.41) is 161. The lowest BCUT2D eigenvalue weighted by molar-refractivity contribution is -0.303. The fraction of sp³-hybridized carbons (Fsp3) is 0.946. The predicted molar refractivity (Wildman–Crippen MR) is 209 cm³/mol. The van der Waals surface area contributed by atoms with E-state index < -0.39 is 200 Å². The minimum atomic E-state index is -1.78. The van der Waals surface area contributed by atoms with Crippen molar-refractivity contribution in [1.29, 1.82) is 0 Å². The summed E-state index contributed by atoms with van der Waals surface area (Å²) in [4.78, 5) is 29.8. The third kappa shape index (κ3) is 14.3. The molecule has 0 radical (unpaired) electrons. The first-order chi connectivity index (χ1) is 31.3. The number of amides is 2. The van der Waals surface area contributed by atoms with Gasteiger partial charge in [0.15, 0.2) is 25.2 Å². The Morgan fingerprint density at radius 2 is 0.682 bits per heavy atom. The highest BCUT2D eigenvalue weighted by Crippen LogP contribution is 2.26. The van der Waals surface area contributed by atoms with Crippen LogP contribution in [0.4, 0.5) is 0 Å². The zero-order valence-electron chi connectivity index (χ0n) is 35.7. The molecule has 0 spiro atoms. The summed E-state index contributed by atoms with van der Waals surface area (Å²) in [7, 11) is 0. The fourth-order valence-corrected chi connectivity index (χ4v) is 7.43. The molecule has 4 rings (SSSR count). The number of nitrogens with two attached hydrogens (primary N) is 1. The van der Waals surface area contributed by atoms with E-state index in [1.165, 1.54) is 0 Å². The summed E-state index contributed by atoms with van der Waals surface area (Å²) in [6.45, 7) is -5.82. The normalized spacial score (nSPS) is 40.2. The minimum absolute atomic E-state index is 0.286. The minimum Gasteiger partial charge on any atom is -0.394 e. The fourth-order valence-electron chi connectivity index (χ4n) is 7.43. The first kappa shape index (κ1) is 56.5. The number of carbonyl (C=O) groups excluding carboxylic acids is 2. The van der Waals surface area contributed by atoms with Crippen LogP contribution < -0.4 is 5.73 Å². The third-order valence-corrected chi connectivity index (χ3v) is 11.6.